The van der Waals surface area contributed by atoms with E-state index in [4.69, 9.17) is 0 Å². The van der Waals surface area contributed by atoms with Crippen LogP contribution in [0.1, 0.15) is 44.8 Å². The van der Waals surface area contributed by atoms with Crippen LogP contribution in [0.5, 0.6) is 0 Å². The fraction of sp³-hybridized carbons (Fsp3) is 0.727. The summed E-state index contributed by atoms with van der Waals surface area (Å²) in [6.07, 6.45) is 2.52. The van der Waals surface area contributed by atoms with E-state index in [2.05, 4.69) is 5.10 Å². The third-order valence-corrected chi connectivity index (χ3v) is 2.54. The van der Waals surface area contributed by atoms with Crippen LogP contribution in [0.3, 0.4) is 0 Å². The van der Waals surface area contributed by atoms with Crippen LogP contribution < -0.4 is 0 Å². The van der Waals surface area contributed by atoms with Crippen molar-refractivity contribution >= 4 is 0 Å². The Hall–Kier alpha value is -0.930. The average molecular weight is 216 g/mol. The molecule has 15 heavy (non-hydrogen) atoms. The summed E-state index contributed by atoms with van der Waals surface area (Å²) in [7, 11) is 0. The molecule has 0 bridgehead atoms. The Labute approximate surface area is 89.3 Å². The summed E-state index contributed by atoms with van der Waals surface area (Å²) < 4.78 is 26.0. The summed E-state index contributed by atoms with van der Waals surface area (Å²) in [6.45, 7) is 4.00. The molecule has 0 radical (unpaired) electrons. The summed E-state index contributed by atoms with van der Waals surface area (Å²) in [4.78, 5) is 0. The maximum atomic E-state index is 12.1. The van der Waals surface area contributed by atoms with Crippen molar-refractivity contribution in [2.45, 2.75) is 52.0 Å². The highest BCUT2D eigenvalue weighted by molar-refractivity contribution is 5.03. The lowest BCUT2D eigenvalue weighted by Crippen LogP contribution is -2.21. The summed E-state index contributed by atoms with van der Waals surface area (Å²) in [5.41, 5.74) is 0.666. The minimum atomic E-state index is -2.27. The Balaban J connectivity index is 0.000000531. The van der Waals surface area contributed by atoms with Gasteiger partial charge < -0.3 is 0 Å². The summed E-state index contributed by atoms with van der Waals surface area (Å²) >= 11 is 0. The molecule has 1 aliphatic carbocycles. The lowest BCUT2D eigenvalue weighted by molar-refractivity contribution is 0.143. The summed E-state index contributed by atoms with van der Waals surface area (Å²) in [6, 6.07) is 2.06. The third kappa shape index (κ3) is 3.01. The molecule has 0 unspecified atom stereocenters. The molecule has 0 aromatic carbocycles. The monoisotopic (exact) mass is 216 g/mol. The van der Waals surface area contributed by atoms with Crippen LogP contribution >= 0.6 is 0 Å². The molecule has 1 heterocycles. The Morgan fingerprint density at radius 2 is 2.13 bits per heavy atom. The van der Waals surface area contributed by atoms with Crippen molar-refractivity contribution in [2.75, 3.05) is 0 Å². The molecule has 0 aliphatic heterocycles. The zero-order valence-corrected chi connectivity index (χ0v) is 9.29. The molecular weight excluding hydrogens is 198 g/mol. The Bertz CT molecular complexity index is 280. The molecule has 1 aromatic heterocycles. The van der Waals surface area contributed by atoms with Gasteiger partial charge in [-0.1, -0.05) is 13.8 Å². The number of aromatic nitrogens is 2. The molecule has 0 atom stereocenters. The highest BCUT2D eigenvalue weighted by Crippen LogP contribution is 2.32. The van der Waals surface area contributed by atoms with Gasteiger partial charge in [-0.2, -0.15) is 5.10 Å². The van der Waals surface area contributed by atoms with Crippen LogP contribution in [-0.2, 0) is 6.42 Å². The molecule has 86 valence electrons. The van der Waals surface area contributed by atoms with E-state index >= 15 is 0 Å². The normalized spacial score (nSPS) is 15.8. The van der Waals surface area contributed by atoms with Crippen LogP contribution in [0.2, 0.25) is 0 Å². The van der Waals surface area contributed by atoms with Crippen LogP contribution in [-0.4, -0.2) is 16.2 Å². The Kier molecular flexibility index (Phi) is 4.72. The number of hydrogen-bond acceptors (Lipinski definition) is 1. The quantitative estimate of drug-likeness (QED) is 0.756. The average Bonchev–Trinajstić information content (AvgIpc) is 2.53. The van der Waals surface area contributed by atoms with E-state index in [1.54, 1.807) is 16.9 Å². The molecule has 1 aliphatic rings. The fourth-order valence-corrected chi connectivity index (χ4v) is 1.62. The van der Waals surface area contributed by atoms with Crippen molar-refractivity contribution in [1.82, 2.24) is 9.78 Å². The van der Waals surface area contributed by atoms with Crippen LogP contribution in [0.15, 0.2) is 12.3 Å². The summed E-state index contributed by atoms with van der Waals surface area (Å²) in [5, 5.41) is 4.07. The number of halogens is 2. The van der Waals surface area contributed by atoms with E-state index in [9.17, 15) is 8.78 Å². The molecule has 0 N–H and O–H groups in total. The molecule has 1 fully saturated rings. The number of alkyl halides is 2. The van der Waals surface area contributed by atoms with Crippen molar-refractivity contribution in [3.63, 3.8) is 0 Å². The fourth-order valence-electron chi connectivity index (χ4n) is 1.62. The first-order chi connectivity index (χ1) is 7.27. The molecule has 4 heteroatoms. The van der Waals surface area contributed by atoms with E-state index in [1.807, 2.05) is 13.8 Å². The van der Waals surface area contributed by atoms with E-state index in [1.165, 1.54) is 6.42 Å². The zero-order valence-electron chi connectivity index (χ0n) is 9.29. The van der Waals surface area contributed by atoms with Gasteiger partial charge in [0.1, 0.15) is 0 Å². The minimum Gasteiger partial charge on any atom is -0.266 e. The largest absolute Gasteiger partial charge is 0.266 e. The van der Waals surface area contributed by atoms with Crippen molar-refractivity contribution in [3.05, 3.63) is 18.0 Å². The van der Waals surface area contributed by atoms with E-state index in [0.717, 1.165) is 12.8 Å². The minimum absolute atomic E-state index is 0.170. The molecule has 0 spiro atoms. The summed E-state index contributed by atoms with van der Waals surface area (Å²) in [5.74, 6) is 0. The second kappa shape index (κ2) is 5.83. The predicted molar refractivity (Wildman–Crippen MR) is 56.2 cm³/mol. The van der Waals surface area contributed by atoms with Crippen molar-refractivity contribution in [3.8, 4) is 0 Å². The van der Waals surface area contributed by atoms with Gasteiger partial charge in [-0.3, -0.25) is 4.68 Å². The first-order valence-electron chi connectivity index (χ1n) is 5.58. The van der Waals surface area contributed by atoms with Gasteiger partial charge in [0, 0.05) is 11.9 Å². The maximum Gasteiger partial charge on any atom is 0.244 e. The second-order valence-corrected chi connectivity index (χ2v) is 3.45. The van der Waals surface area contributed by atoms with Gasteiger partial charge in [0.15, 0.2) is 0 Å². The smallest absolute Gasteiger partial charge is 0.244 e. The molecule has 1 saturated carbocycles. The highest BCUT2D eigenvalue weighted by Gasteiger charge is 2.22. The van der Waals surface area contributed by atoms with Crippen molar-refractivity contribution < 1.29 is 8.78 Å². The van der Waals surface area contributed by atoms with Crippen molar-refractivity contribution in [2.24, 2.45) is 0 Å². The molecular formula is C11H18F2N2. The standard InChI is InChI=1S/C9H12F2N2.C2H6/c10-9(11)6-8-4-5-12-13(8)7-2-1-3-7;1-2/h4-5,7,9H,1-3,6H2;1-2H3. The van der Waals surface area contributed by atoms with Gasteiger partial charge in [-0.05, 0) is 25.3 Å². The van der Waals surface area contributed by atoms with Crippen LogP contribution in [0.25, 0.3) is 0 Å². The molecule has 2 nitrogen and oxygen atoms in total. The van der Waals surface area contributed by atoms with Crippen LogP contribution in [0, 0.1) is 0 Å². The van der Waals surface area contributed by atoms with E-state index < -0.39 is 6.43 Å². The number of nitrogens with zero attached hydrogens (tertiary/aromatic N) is 2. The Morgan fingerprint density at radius 3 is 2.60 bits per heavy atom. The lowest BCUT2D eigenvalue weighted by atomic mass is 9.93. The van der Waals surface area contributed by atoms with Gasteiger partial charge >= 0.3 is 0 Å². The number of rotatable bonds is 3. The Morgan fingerprint density at radius 1 is 1.47 bits per heavy atom. The molecule has 2 rings (SSSR count). The van der Waals surface area contributed by atoms with Gasteiger partial charge in [-0.25, -0.2) is 8.78 Å². The second-order valence-electron chi connectivity index (χ2n) is 3.45. The van der Waals surface area contributed by atoms with E-state index in [0.29, 0.717) is 11.7 Å². The van der Waals surface area contributed by atoms with Crippen LogP contribution in [0.4, 0.5) is 8.78 Å². The van der Waals surface area contributed by atoms with Gasteiger partial charge in [-0.15, -0.1) is 0 Å². The van der Waals surface area contributed by atoms with Gasteiger partial charge in [0.2, 0.25) is 6.43 Å². The molecule has 1 aromatic rings. The highest BCUT2D eigenvalue weighted by atomic mass is 19.3. The van der Waals surface area contributed by atoms with Gasteiger partial charge in [0.05, 0.1) is 12.5 Å². The molecule has 0 saturated heterocycles. The predicted octanol–water partition coefficient (Wildman–Crippen LogP) is 3.44. The molecule has 0 amide bonds. The van der Waals surface area contributed by atoms with Crippen molar-refractivity contribution in [1.29, 1.82) is 0 Å². The topological polar surface area (TPSA) is 17.8 Å². The SMILES string of the molecule is CC.FC(F)Cc1ccnn1C1CCC1. The third-order valence-electron chi connectivity index (χ3n) is 2.54. The number of hydrogen-bond donors (Lipinski definition) is 0. The van der Waals surface area contributed by atoms with Gasteiger partial charge in [0.25, 0.3) is 0 Å². The first kappa shape index (κ1) is 12.1. The zero-order chi connectivity index (χ0) is 11.3. The first-order valence-corrected chi connectivity index (χ1v) is 5.58. The van der Waals surface area contributed by atoms with E-state index in [-0.39, 0.29) is 6.42 Å². The lowest BCUT2D eigenvalue weighted by Gasteiger charge is -2.27. The maximum absolute atomic E-state index is 12.1.